The number of morpholine rings is 1. The third kappa shape index (κ3) is 5.60. The Labute approximate surface area is 162 Å². The first-order valence-corrected chi connectivity index (χ1v) is 8.69. The minimum atomic E-state index is 0. The van der Waals surface area contributed by atoms with E-state index >= 15 is 0 Å². The summed E-state index contributed by atoms with van der Waals surface area (Å²) in [6.45, 7) is 7.77. The predicted molar refractivity (Wildman–Crippen MR) is 110 cm³/mol. The number of aryl methyl sites for hydroxylation is 2. The zero-order valence-corrected chi connectivity index (χ0v) is 16.8. The van der Waals surface area contributed by atoms with Crippen molar-refractivity contribution in [3.63, 3.8) is 0 Å². The molecule has 2 aliphatic rings. The number of benzene rings is 1. The van der Waals surface area contributed by atoms with E-state index in [1.54, 1.807) is 0 Å². The standard InChI is InChI=1S/C18H28N4O.HI/c1-14(13-22-7-9-23-10-8-22)12-20-18(19)21-17-6-5-15-3-2-4-16(15)11-17;/h5-6,11,14H,2-4,7-10,12-13H2,1H3,(H3,19,20,21);1H. The van der Waals surface area contributed by atoms with Gasteiger partial charge in [0.05, 0.1) is 13.2 Å². The van der Waals surface area contributed by atoms with E-state index < -0.39 is 0 Å². The van der Waals surface area contributed by atoms with E-state index in [2.05, 4.69) is 40.3 Å². The van der Waals surface area contributed by atoms with Gasteiger partial charge in [-0.15, -0.1) is 24.0 Å². The maximum atomic E-state index is 6.04. The number of guanidine groups is 1. The van der Waals surface area contributed by atoms with Crippen molar-refractivity contribution in [1.29, 1.82) is 0 Å². The normalized spacial score (nSPS) is 19.5. The zero-order valence-electron chi connectivity index (χ0n) is 14.5. The number of nitrogens with two attached hydrogens (primary N) is 1. The number of halogens is 1. The van der Waals surface area contributed by atoms with Gasteiger partial charge in [0, 0.05) is 31.9 Å². The Morgan fingerprint density at radius 2 is 2.04 bits per heavy atom. The van der Waals surface area contributed by atoms with Crippen molar-refractivity contribution in [1.82, 2.24) is 4.90 Å². The van der Waals surface area contributed by atoms with Gasteiger partial charge in [-0.3, -0.25) is 9.89 Å². The lowest BCUT2D eigenvalue weighted by molar-refractivity contribution is 0.0323. The molecular formula is C18H29IN4O. The number of ether oxygens (including phenoxy) is 1. The largest absolute Gasteiger partial charge is 0.379 e. The highest BCUT2D eigenvalue weighted by Gasteiger charge is 2.14. The number of hydrogen-bond donors (Lipinski definition) is 2. The van der Waals surface area contributed by atoms with Crippen LogP contribution in [0.1, 0.15) is 24.5 Å². The maximum absolute atomic E-state index is 6.04. The SMILES string of the molecule is CC(CN=C(N)Nc1ccc2c(c1)CCC2)CN1CCOCC1.I. The number of hydrogen-bond acceptors (Lipinski definition) is 3. The topological polar surface area (TPSA) is 62.9 Å². The molecule has 1 aliphatic heterocycles. The second kappa shape index (κ2) is 9.58. The van der Waals surface area contributed by atoms with Gasteiger partial charge in [0.15, 0.2) is 5.96 Å². The maximum Gasteiger partial charge on any atom is 0.193 e. The number of aliphatic imine (C=N–C) groups is 1. The molecule has 1 aromatic carbocycles. The molecule has 1 aromatic rings. The fourth-order valence-electron chi connectivity index (χ4n) is 3.37. The summed E-state index contributed by atoms with van der Waals surface area (Å²) in [6.07, 6.45) is 3.65. The molecule has 0 saturated carbocycles. The first kappa shape index (κ1) is 19.5. The Balaban J connectivity index is 0.00000208. The third-order valence-electron chi connectivity index (χ3n) is 4.62. The number of nitrogens with one attached hydrogen (secondary N) is 1. The summed E-state index contributed by atoms with van der Waals surface area (Å²) in [4.78, 5) is 6.94. The number of anilines is 1. The zero-order chi connectivity index (χ0) is 16.1. The van der Waals surface area contributed by atoms with E-state index in [1.165, 1.54) is 30.4 Å². The number of nitrogens with zero attached hydrogens (tertiary/aromatic N) is 2. The highest BCUT2D eigenvalue weighted by atomic mass is 127. The number of fused-ring (bicyclic) bond motifs is 1. The van der Waals surface area contributed by atoms with E-state index in [9.17, 15) is 0 Å². The van der Waals surface area contributed by atoms with E-state index in [0.29, 0.717) is 11.9 Å². The van der Waals surface area contributed by atoms with Crippen LogP contribution in [0.3, 0.4) is 0 Å². The van der Waals surface area contributed by atoms with E-state index in [1.807, 2.05) is 0 Å². The Hall–Kier alpha value is -0.860. The molecule has 0 bridgehead atoms. The van der Waals surface area contributed by atoms with Crippen LogP contribution in [0.4, 0.5) is 5.69 Å². The Bertz CT molecular complexity index is 558. The molecule has 0 radical (unpaired) electrons. The van der Waals surface area contributed by atoms with Crippen molar-refractivity contribution in [2.75, 3.05) is 44.7 Å². The average molecular weight is 444 g/mol. The minimum absolute atomic E-state index is 0. The van der Waals surface area contributed by atoms with Gasteiger partial charge < -0.3 is 15.8 Å². The molecule has 1 saturated heterocycles. The molecule has 6 heteroatoms. The van der Waals surface area contributed by atoms with E-state index in [4.69, 9.17) is 10.5 Å². The van der Waals surface area contributed by atoms with Crippen LogP contribution in [0.5, 0.6) is 0 Å². The van der Waals surface area contributed by atoms with Crippen LogP contribution in [-0.4, -0.2) is 50.3 Å². The second-order valence-electron chi connectivity index (χ2n) is 6.71. The highest BCUT2D eigenvalue weighted by molar-refractivity contribution is 14.0. The molecular weight excluding hydrogens is 415 g/mol. The molecule has 134 valence electrons. The van der Waals surface area contributed by atoms with Crippen molar-refractivity contribution in [2.45, 2.75) is 26.2 Å². The molecule has 24 heavy (non-hydrogen) atoms. The summed E-state index contributed by atoms with van der Waals surface area (Å²) < 4.78 is 5.38. The van der Waals surface area contributed by atoms with Gasteiger partial charge in [-0.25, -0.2) is 0 Å². The summed E-state index contributed by atoms with van der Waals surface area (Å²) in [7, 11) is 0. The second-order valence-corrected chi connectivity index (χ2v) is 6.71. The van der Waals surface area contributed by atoms with Crippen LogP contribution in [0.15, 0.2) is 23.2 Å². The van der Waals surface area contributed by atoms with Crippen molar-refractivity contribution in [3.8, 4) is 0 Å². The smallest absolute Gasteiger partial charge is 0.193 e. The molecule has 1 heterocycles. The Morgan fingerprint density at radius 3 is 2.83 bits per heavy atom. The lowest BCUT2D eigenvalue weighted by Crippen LogP contribution is -2.39. The molecule has 5 nitrogen and oxygen atoms in total. The van der Waals surface area contributed by atoms with E-state index in [0.717, 1.165) is 45.1 Å². The lowest BCUT2D eigenvalue weighted by atomic mass is 10.1. The molecule has 1 unspecified atom stereocenters. The minimum Gasteiger partial charge on any atom is -0.379 e. The molecule has 1 atom stereocenters. The van der Waals surface area contributed by atoms with Gasteiger partial charge in [-0.2, -0.15) is 0 Å². The average Bonchev–Trinajstić information content (AvgIpc) is 3.01. The summed E-state index contributed by atoms with van der Waals surface area (Å²) in [5, 5.41) is 3.22. The summed E-state index contributed by atoms with van der Waals surface area (Å²) in [6, 6.07) is 6.52. The van der Waals surface area contributed by atoms with Crippen LogP contribution < -0.4 is 11.1 Å². The third-order valence-corrected chi connectivity index (χ3v) is 4.62. The summed E-state index contributed by atoms with van der Waals surface area (Å²) in [5.41, 5.74) is 10.0. The molecule has 1 fully saturated rings. The first-order chi connectivity index (χ1) is 11.2. The summed E-state index contributed by atoms with van der Waals surface area (Å²) >= 11 is 0. The molecule has 3 rings (SSSR count). The van der Waals surface area contributed by atoms with Crippen LogP contribution >= 0.6 is 24.0 Å². The van der Waals surface area contributed by atoms with E-state index in [-0.39, 0.29) is 24.0 Å². The van der Waals surface area contributed by atoms with Crippen LogP contribution in [0, 0.1) is 5.92 Å². The van der Waals surface area contributed by atoms with Gasteiger partial charge in [-0.1, -0.05) is 13.0 Å². The van der Waals surface area contributed by atoms with Crippen molar-refractivity contribution in [3.05, 3.63) is 29.3 Å². The van der Waals surface area contributed by atoms with Gasteiger partial charge in [-0.05, 0) is 48.4 Å². The summed E-state index contributed by atoms with van der Waals surface area (Å²) in [5.74, 6) is 1.00. The highest BCUT2D eigenvalue weighted by Crippen LogP contribution is 2.24. The Morgan fingerprint density at radius 1 is 1.29 bits per heavy atom. The lowest BCUT2D eigenvalue weighted by Gasteiger charge is -2.28. The monoisotopic (exact) mass is 444 g/mol. The molecule has 0 spiro atoms. The molecule has 1 aliphatic carbocycles. The van der Waals surface area contributed by atoms with Crippen LogP contribution in [0.2, 0.25) is 0 Å². The van der Waals surface area contributed by atoms with Crippen LogP contribution in [0.25, 0.3) is 0 Å². The van der Waals surface area contributed by atoms with Crippen LogP contribution in [-0.2, 0) is 17.6 Å². The van der Waals surface area contributed by atoms with Crippen molar-refractivity contribution < 1.29 is 4.74 Å². The van der Waals surface area contributed by atoms with Gasteiger partial charge in [0.2, 0.25) is 0 Å². The van der Waals surface area contributed by atoms with Gasteiger partial charge in [0.1, 0.15) is 0 Å². The number of rotatable bonds is 5. The van der Waals surface area contributed by atoms with Crippen molar-refractivity contribution in [2.24, 2.45) is 16.6 Å². The molecule has 0 aromatic heterocycles. The quantitative estimate of drug-likeness (QED) is 0.416. The van der Waals surface area contributed by atoms with Crippen molar-refractivity contribution >= 4 is 35.6 Å². The molecule has 0 amide bonds. The Kier molecular flexibility index (Phi) is 7.77. The van der Waals surface area contributed by atoms with Gasteiger partial charge in [0.25, 0.3) is 0 Å². The van der Waals surface area contributed by atoms with Gasteiger partial charge >= 0.3 is 0 Å². The fourth-order valence-corrected chi connectivity index (χ4v) is 3.37. The fraction of sp³-hybridized carbons (Fsp3) is 0.611. The first-order valence-electron chi connectivity index (χ1n) is 8.69. The molecule has 3 N–H and O–H groups in total. The predicted octanol–water partition coefficient (Wildman–Crippen LogP) is 2.49.